The molecule has 0 saturated heterocycles. The summed E-state index contributed by atoms with van der Waals surface area (Å²) < 4.78 is 11.2. The number of para-hydroxylation sites is 1. The summed E-state index contributed by atoms with van der Waals surface area (Å²) in [6.45, 7) is 2.47. The van der Waals surface area contributed by atoms with Crippen molar-refractivity contribution in [3.8, 4) is 11.5 Å². The van der Waals surface area contributed by atoms with Crippen LogP contribution in [-0.4, -0.2) is 13.4 Å². The first-order chi connectivity index (χ1) is 9.78. The van der Waals surface area contributed by atoms with E-state index in [1.807, 2.05) is 18.2 Å². The SMILES string of the molecule is CCc1ccccc1OCc1cc(C=O)ccc1OC. The fraction of sp³-hybridized carbons (Fsp3) is 0.235. The highest BCUT2D eigenvalue weighted by molar-refractivity contribution is 5.75. The van der Waals surface area contributed by atoms with Crippen molar-refractivity contribution < 1.29 is 14.3 Å². The molecule has 2 rings (SSSR count). The fourth-order valence-electron chi connectivity index (χ4n) is 2.08. The molecule has 3 nitrogen and oxygen atoms in total. The zero-order valence-electron chi connectivity index (χ0n) is 11.8. The van der Waals surface area contributed by atoms with E-state index >= 15 is 0 Å². The molecule has 3 heteroatoms. The van der Waals surface area contributed by atoms with Crippen LogP contribution in [0.3, 0.4) is 0 Å². The number of carbonyl (C=O) groups is 1. The second-order valence-corrected chi connectivity index (χ2v) is 4.44. The molecule has 0 aliphatic heterocycles. The van der Waals surface area contributed by atoms with Crippen molar-refractivity contribution in [2.24, 2.45) is 0 Å². The minimum atomic E-state index is 0.377. The number of aldehydes is 1. The van der Waals surface area contributed by atoms with Crippen LogP contribution in [0.15, 0.2) is 42.5 Å². The summed E-state index contributed by atoms with van der Waals surface area (Å²) in [6, 6.07) is 13.3. The van der Waals surface area contributed by atoms with Gasteiger partial charge in [-0.2, -0.15) is 0 Å². The minimum Gasteiger partial charge on any atom is -0.496 e. The Bertz CT molecular complexity index is 591. The minimum absolute atomic E-state index is 0.377. The topological polar surface area (TPSA) is 35.5 Å². The van der Waals surface area contributed by atoms with E-state index in [0.717, 1.165) is 35.3 Å². The molecule has 0 fully saturated rings. The molecule has 0 aliphatic rings. The van der Waals surface area contributed by atoms with Gasteiger partial charge in [-0.25, -0.2) is 0 Å². The largest absolute Gasteiger partial charge is 0.496 e. The lowest BCUT2D eigenvalue weighted by Gasteiger charge is -2.13. The van der Waals surface area contributed by atoms with Crippen molar-refractivity contribution in [2.75, 3.05) is 7.11 Å². The first-order valence-corrected chi connectivity index (χ1v) is 6.61. The number of carbonyl (C=O) groups excluding carboxylic acids is 1. The zero-order chi connectivity index (χ0) is 14.4. The summed E-state index contributed by atoms with van der Waals surface area (Å²) in [5.74, 6) is 1.60. The summed E-state index contributed by atoms with van der Waals surface area (Å²) in [6.07, 6.45) is 1.74. The third kappa shape index (κ3) is 3.18. The lowest BCUT2D eigenvalue weighted by molar-refractivity contribution is 0.112. The molecule has 0 aromatic heterocycles. The fourth-order valence-corrected chi connectivity index (χ4v) is 2.08. The molecule has 0 unspecified atom stereocenters. The van der Waals surface area contributed by atoms with Crippen molar-refractivity contribution in [1.29, 1.82) is 0 Å². The van der Waals surface area contributed by atoms with E-state index in [9.17, 15) is 4.79 Å². The van der Waals surface area contributed by atoms with Gasteiger partial charge < -0.3 is 9.47 Å². The quantitative estimate of drug-likeness (QED) is 0.752. The van der Waals surface area contributed by atoms with E-state index in [2.05, 4.69) is 13.0 Å². The van der Waals surface area contributed by atoms with Gasteiger partial charge in [-0.3, -0.25) is 4.79 Å². The Morgan fingerprint density at radius 1 is 1.05 bits per heavy atom. The number of methoxy groups -OCH3 is 1. The molecule has 0 heterocycles. The molecule has 0 N–H and O–H groups in total. The van der Waals surface area contributed by atoms with Crippen molar-refractivity contribution in [3.05, 3.63) is 59.2 Å². The Kier molecular flexibility index (Phi) is 4.77. The van der Waals surface area contributed by atoms with Crippen molar-refractivity contribution in [2.45, 2.75) is 20.0 Å². The number of ether oxygens (including phenoxy) is 2. The van der Waals surface area contributed by atoms with Crippen LogP contribution in [-0.2, 0) is 13.0 Å². The van der Waals surface area contributed by atoms with Crippen LogP contribution in [0.1, 0.15) is 28.4 Å². The summed E-state index contributed by atoms with van der Waals surface area (Å²) in [5.41, 5.74) is 2.65. The van der Waals surface area contributed by atoms with Crippen LogP contribution in [0.5, 0.6) is 11.5 Å². The number of hydrogen-bond donors (Lipinski definition) is 0. The van der Waals surface area contributed by atoms with E-state index in [-0.39, 0.29) is 0 Å². The number of hydrogen-bond acceptors (Lipinski definition) is 3. The second-order valence-electron chi connectivity index (χ2n) is 4.44. The van der Waals surface area contributed by atoms with E-state index in [0.29, 0.717) is 12.2 Å². The predicted molar refractivity (Wildman–Crippen MR) is 78.5 cm³/mol. The highest BCUT2D eigenvalue weighted by atomic mass is 16.5. The lowest BCUT2D eigenvalue weighted by Crippen LogP contribution is -2.01. The maximum Gasteiger partial charge on any atom is 0.150 e. The second kappa shape index (κ2) is 6.75. The van der Waals surface area contributed by atoms with Gasteiger partial charge in [0.05, 0.1) is 7.11 Å². The van der Waals surface area contributed by atoms with Gasteiger partial charge in [-0.1, -0.05) is 25.1 Å². The smallest absolute Gasteiger partial charge is 0.150 e. The van der Waals surface area contributed by atoms with Gasteiger partial charge >= 0.3 is 0 Å². The van der Waals surface area contributed by atoms with Crippen molar-refractivity contribution in [3.63, 3.8) is 0 Å². The van der Waals surface area contributed by atoms with Crippen LogP contribution in [0.4, 0.5) is 0 Å². The van der Waals surface area contributed by atoms with Crippen molar-refractivity contribution in [1.82, 2.24) is 0 Å². The summed E-state index contributed by atoms with van der Waals surface area (Å²) in [5, 5.41) is 0. The molecule has 0 radical (unpaired) electrons. The maximum absolute atomic E-state index is 10.9. The average Bonchev–Trinajstić information content (AvgIpc) is 2.52. The number of rotatable bonds is 6. The van der Waals surface area contributed by atoms with E-state index in [4.69, 9.17) is 9.47 Å². The summed E-state index contributed by atoms with van der Waals surface area (Å²) >= 11 is 0. The van der Waals surface area contributed by atoms with E-state index in [1.54, 1.807) is 25.3 Å². The van der Waals surface area contributed by atoms with E-state index in [1.165, 1.54) is 0 Å². The molecule has 2 aromatic rings. The standard InChI is InChI=1S/C17H18O3/c1-3-14-6-4-5-7-17(14)20-12-15-10-13(11-18)8-9-16(15)19-2/h4-11H,3,12H2,1-2H3. The number of aryl methyl sites for hydroxylation is 1. The summed E-state index contributed by atoms with van der Waals surface area (Å²) in [7, 11) is 1.61. The molecule has 0 aliphatic carbocycles. The molecule has 20 heavy (non-hydrogen) atoms. The van der Waals surface area contributed by atoms with Gasteiger partial charge in [0.15, 0.2) is 0 Å². The van der Waals surface area contributed by atoms with Gasteiger partial charge in [-0.05, 0) is 36.2 Å². The van der Waals surface area contributed by atoms with Gasteiger partial charge in [0.25, 0.3) is 0 Å². The zero-order valence-corrected chi connectivity index (χ0v) is 11.8. The number of benzene rings is 2. The van der Waals surface area contributed by atoms with Gasteiger partial charge in [0.2, 0.25) is 0 Å². The Labute approximate surface area is 119 Å². The molecule has 0 saturated carbocycles. The first kappa shape index (κ1) is 14.1. The van der Waals surface area contributed by atoms with E-state index < -0.39 is 0 Å². The molecule has 0 spiro atoms. The molecule has 0 amide bonds. The van der Waals surface area contributed by atoms with Gasteiger partial charge in [0.1, 0.15) is 24.4 Å². The maximum atomic E-state index is 10.9. The molecule has 104 valence electrons. The van der Waals surface area contributed by atoms with Gasteiger partial charge in [-0.15, -0.1) is 0 Å². The van der Waals surface area contributed by atoms with Crippen LogP contribution in [0.2, 0.25) is 0 Å². The molecule has 0 atom stereocenters. The van der Waals surface area contributed by atoms with Gasteiger partial charge in [0, 0.05) is 11.1 Å². The Morgan fingerprint density at radius 2 is 1.85 bits per heavy atom. The predicted octanol–water partition coefficient (Wildman–Crippen LogP) is 3.65. The monoisotopic (exact) mass is 270 g/mol. The van der Waals surface area contributed by atoms with Crippen LogP contribution < -0.4 is 9.47 Å². The molecule has 2 aromatic carbocycles. The third-order valence-electron chi connectivity index (χ3n) is 3.18. The van der Waals surface area contributed by atoms with Crippen LogP contribution in [0.25, 0.3) is 0 Å². The lowest BCUT2D eigenvalue weighted by atomic mass is 10.1. The third-order valence-corrected chi connectivity index (χ3v) is 3.18. The molecular weight excluding hydrogens is 252 g/mol. The average molecular weight is 270 g/mol. The Morgan fingerprint density at radius 3 is 2.55 bits per heavy atom. The van der Waals surface area contributed by atoms with Crippen LogP contribution >= 0.6 is 0 Å². The normalized spacial score (nSPS) is 10.1. The summed E-state index contributed by atoms with van der Waals surface area (Å²) in [4.78, 5) is 10.9. The Balaban J connectivity index is 2.19. The highest BCUT2D eigenvalue weighted by Crippen LogP contribution is 2.24. The molecule has 0 bridgehead atoms. The van der Waals surface area contributed by atoms with Crippen LogP contribution in [0, 0.1) is 0 Å². The van der Waals surface area contributed by atoms with Crippen molar-refractivity contribution >= 4 is 6.29 Å². The molecular formula is C17H18O3. The highest BCUT2D eigenvalue weighted by Gasteiger charge is 2.07. The Hall–Kier alpha value is -2.29. The first-order valence-electron chi connectivity index (χ1n) is 6.61.